The Morgan fingerprint density at radius 2 is 2.12 bits per heavy atom. The number of halogens is 1. The van der Waals surface area contributed by atoms with Gasteiger partial charge in [0.15, 0.2) is 0 Å². The summed E-state index contributed by atoms with van der Waals surface area (Å²) < 4.78 is 9.45. The third-order valence-electron chi connectivity index (χ3n) is 2.09. The lowest BCUT2D eigenvalue weighted by Crippen LogP contribution is -2.27. The van der Waals surface area contributed by atoms with Crippen LogP contribution in [-0.2, 0) is 14.3 Å². The van der Waals surface area contributed by atoms with Crippen molar-refractivity contribution in [1.82, 2.24) is 0 Å². The highest BCUT2D eigenvalue weighted by atomic mass is 35.5. The van der Waals surface area contributed by atoms with Gasteiger partial charge in [-0.2, -0.15) is 0 Å². The third kappa shape index (κ3) is 3.18. The third-order valence-corrected chi connectivity index (χ3v) is 3.48. The molecule has 0 bridgehead atoms. The fourth-order valence-electron chi connectivity index (χ4n) is 1.03. The fourth-order valence-corrected chi connectivity index (χ4v) is 2.16. The molecule has 0 aliphatic rings. The number of anilines is 1. The molecule has 94 valence electrons. The van der Waals surface area contributed by atoms with Crippen molar-refractivity contribution in [3.05, 3.63) is 15.3 Å². The Kier molecular flexibility index (Phi) is 4.92. The van der Waals surface area contributed by atoms with Crippen LogP contribution >= 0.6 is 22.9 Å². The van der Waals surface area contributed by atoms with E-state index in [1.54, 1.807) is 12.3 Å². The van der Waals surface area contributed by atoms with Crippen LogP contribution < -0.4 is 5.32 Å². The fraction of sp³-hybridized carbons (Fsp3) is 0.400. The van der Waals surface area contributed by atoms with Gasteiger partial charge in [0.1, 0.15) is 11.0 Å². The zero-order valence-corrected chi connectivity index (χ0v) is 11.1. The van der Waals surface area contributed by atoms with Crippen molar-refractivity contribution in [2.75, 3.05) is 19.5 Å². The highest BCUT2D eigenvalue weighted by Gasteiger charge is 2.21. The Balaban J connectivity index is 2.94. The topological polar surface area (TPSA) is 64.6 Å². The summed E-state index contributed by atoms with van der Waals surface area (Å²) in [6.07, 6.45) is -0.628. The van der Waals surface area contributed by atoms with Gasteiger partial charge in [0.25, 0.3) is 5.91 Å². The number of rotatable bonds is 4. The molecule has 0 spiro atoms. The van der Waals surface area contributed by atoms with E-state index in [-0.39, 0.29) is 16.5 Å². The summed E-state index contributed by atoms with van der Waals surface area (Å²) in [7, 11) is 2.68. The Morgan fingerprint density at radius 3 is 2.65 bits per heavy atom. The normalized spacial score (nSPS) is 12.0. The van der Waals surface area contributed by atoms with Crippen molar-refractivity contribution in [1.29, 1.82) is 0 Å². The van der Waals surface area contributed by atoms with Gasteiger partial charge in [0.05, 0.1) is 17.8 Å². The van der Waals surface area contributed by atoms with Crippen molar-refractivity contribution in [2.24, 2.45) is 0 Å². The zero-order valence-electron chi connectivity index (χ0n) is 9.57. The van der Waals surface area contributed by atoms with E-state index in [9.17, 15) is 9.59 Å². The standard InChI is InChI=1S/C10H12ClNO4S/c1-5(15-2)9(13)12-7-6(11)4-17-8(7)10(14)16-3/h4-5H,1-3H3,(H,12,13). The first-order valence-electron chi connectivity index (χ1n) is 4.70. The number of thiophene rings is 1. The second kappa shape index (κ2) is 6.00. The molecule has 7 heteroatoms. The molecular weight excluding hydrogens is 266 g/mol. The predicted octanol–water partition coefficient (Wildman–Crippen LogP) is 2.16. The van der Waals surface area contributed by atoms with Gasteiger partial charge in [0.2, 0.25) is 0 Å². The lowest BCUT2D eigenvalue weighted by Gasteiger charge is -2.10. The molecule has 1 aromatic rings. The number of methoxy groups -OCH3 is 2. The van der Waals surface area contributed by atoms with Crippen LogP contribution in [0.3, 0.4) is 0 Å². The summed E-state index contributed by atoms with van der Waals surface area (Å²) in [6.45, 7) is 1.59. The summed E-state index contributed by atoms with van der Waals surface area (Å²) in [6, 6.07) is 0. The highest BCUT2D eigenvalue weighted by molar-refractivity contribution is 7.13. The number of hydrogen-bond donors (Lipinski definition) is 1. The molecule has 0 saturated carbocycles. The van der Waals surface area contributed by atoms with Gasteiger partial charge in [-0.15, -0.1) is 11.3 Å². The number of carbonyl (C=O) groups excluding carboxylic acids is 2. The molecule has 0 fully saturated rings. The molecule has 1 heterocycles. The van der Waals surface area contributed by atoms with Crippen LogP contribution in [0.5, 0.6) is 0 Å². The lowest BCUT2D eigenvalue weighted by molar-refractivity contribution is -0.124. The smallest absolute Gasteiger partial charge is 0.350 e. The van der Waals surface area contributed by atoms with E-state index in [1.807, 2.05) is 0 Å². The summed E-state index contributed by atoms with van der Waals surface area (Å²) >= 11 is 6.99. The van der Waals surface area contributed by atoms with Gasteiger partial charge in [-0.1, -0.05) is 11.6 Å². The molecule has 0 aliphatic heterocycles. The minimum atomic E-state index is -0.628. The molecule has 0 aliphatic carbocycles. The number of ether oxygens (including phenoxy) is 2. The average Bonchev–Trinajstić information content (AvgIpc) is 2.69. The zero-order chi connectivity index (χ0) is 13.0. The van der Waals surface area contributed by atoms with Gasteiger partial charge in [-0.3, -0.25) is 4.79 Å². The van der Waals surface area contributed by atoms with Crippen LogP contribution in [0.4, 0.5) is 5.69 Å². The van der Waals surface area contributed by atoms with Gasteiger partial charge in [0, 0.05) is 12.5 Å². The second-order valence-electron chi connectivity index (χ2n) is 3.15. The number of nitrogens with one attached hydrogen (secondary N) is 1. The molecule has 1 atom stereocenters. The number of amides is 1. The maximum absolute atomic E-state index is 11.6. The van der Waals surface area contributed by atoms with Crippen LogP contribution in [0, 0.1) is 0 Å². The molecule has 0 saturated heterocycles. The van der Waals surface area contributed by atoms with Gasteiger partial charge < -0.3 is 14.8 Å². The number of esters is 1. The van der Waals surface area contributed by atoms with Crippen LogP contribution in [0.15, 0.2) is 5.38 Å². The minimum absolute atomic E-state index is 0.258. The molecule has 1 aromatic heterocycles. The summed E-state index contributed by atoms with van der Waals surface area (Å²) in [5.41, 5.74) is 0.261. The van der Waals surface area contributed by atoms with E-state index in [1.165, 1.54) is 14.2 Å². The van der Waals surface area contributed by atoms with Gasteiger partial charge in [-0.05, 0) is 6.92 Å². The van der Waals surface area contributed by atoms with Crippen LogP contribution in [0.1, 0.15) is 16.6 Å². The van der Waals surface area contributed by atoms with E-state index in [0.29, 0.717) is 5.02 Å². The van der Waals surface area contributed by atoms with Crippen LogP contribution in [0.25, 0.3) is 0 Å². The summed E-state index contributed by atoms with van der Waals surface area (Å²) in [4.78, 5) is 23.3. The first-order chi connectivity index (χ1) is 8.01. The molecule has 0 aromatic carbocycles. The Bertz CT molecular complexity index is 432. The van der Waals surface area contributed by atoms with E-state index in [0.717, 1.165) is 11.3 Å². The van der Waals surface area contributed by atoms with E-state index in [2.05, 4.69) is 10.1 Å². The van der Waals surface area contributed by atoms with E-state index < -0.39 is 12.1 Å². The maximum atomic E-state index is 11.6. The molecule has 1 amide bonds. The Morgan fingerprint density at radius 1 is 1.47 bits per heavy atom. The van der Waals surface area contributed by atoms with Gasteiger partial charge >= 0.3 is 5.97 Å². The minimum Gasteiger partial charge on any atom is -0.465 e. The Labute approximate surface area is 108 Å². The Hall–Kier alpha value is -1.11. The first kappa shape index (κ1) is 14.0. The maximum Gasteiger partial charge on any atom is 0.350 e. The predicted molar refractivity (Wildman–Crippen MR) is 65.8 cm³/mol. The molecule has 1 N–H and O–H groups in total. The lowest BCUT2D eigenvalue weighted by atomic mass is 10.3. The summed E-state index contributed by atoms with van der Waals surface area (Å²) in [5.74, 6) is -0.916. The van der Waals surface area contributed by atoms with Gasteiger partial charge in [-0.25, -0.2) is 4.79 Å². The van der Waals surface area contributed by atoms with Crippen molar-refractivity contribution >= 4 is 40.5 Å². The summed E-state index contributed by atoms with van der Waals surface area (Å²) in [5, 5.41) is 4.39. The second-order valence-corrected chi connectivity index (χ2v) is 4.43. The largest absolute Gasteiger partial charge is 0.465 e. The highest BCUT2D eigenvalue weighted by Crippen LogP contribution is 2.33. The van der Waals surface area contributed by atoms with E-state index in [4.69, 9.17) is 16.3 Å². The molecule has 1 unspecified atom stereocenters. The first-order valence-corrected chi connectivity index (χ1v) is 5.96. The monoisotopic (exact) mass is 277 g/mol. The SMILES string of the molecule is COC(=O)c1scc(Cl)c1NC(=O)C(C)OC. The molecule has 5 nitrogen and oxygen atoms in total. The molecule has 0 radical (unpaired) electrons. The van der Waals surface area contributed by atoms with Crippen LogP contribution in [-0.4, -0.2) is 32.2 Å². The van der Waals surface area contributed by atoms with Crippen molar-refractivity contribution < 1.29 is 19.1 Å². The van der Waals surface area contributed by atoms with Crippen molar-refractivity contribution in [2.45, 2.75) is 13.0 Å². The molecule has 1 rings (SSSR count). The van der Waals surface area contributed by atoms with Crippen molar-refractivity contribution in [3.8, 4) is 0 Å². The average molecular weight is 278 g/mol. The molecule has 17 heavy (non-hydrogen) atoms. The quantitative estimate of drug-likeness (QED) is 0.857. The number of hydrogen-bond acceptors (Lipinski definition) is 5. The van der Waals surface area contributed by atoms with E-state index >= 15 is 0 Å². The molecular formula is C10H12ClNO4S. The van der Waals surface area contributed by atoms with Crippen LogP contribution in [0.2, 0.25) is 5.02 Å². The number of carbonyl (C=O) groups is 2. The van der Waals surface area contributed by atoms with Crippen molar-refractivity contribution in [3.63, 3.8) is 0 Å².